The molecule has 0 atom stereocenters. The molecule has 1 aromatic heterocycles. The van der Waals surface area contributed by atoms with Crippen molar-refractivity contribution in [2.75, 3.05) is 71.4 Å². The number of para-hydroxylation sites is 1. The van der Waals surface area contributed by atoms with Gasteiger partial charge in [0.15, 0.2) is 11.6 Å². The molecule has 0 saturated heterocycles. The SMILES string of the molecule is CN(C)c1ccc2c(-c3ccc(C(=O)NCCOCCOCC(=O)Cc4ccc(-c5nc(NC6Cc7ccccc7C6)c6ccccc6n5)cc4)cc3C(=O)O)c3ccc(=[N+](C)C)cc-3oc2c1. The minimum atomic E-state index is -1.16. The van der Waals surface area contributed by atoms with Crippen LogP contribution in [0.3, 0.4) is 0 Å². The molecule has 13 nitrogen and oxygen atoms in total. The minimum absolute atomic E-state index is 0.0105. The summed E-state index contributed by atoms with van der Waals surface area (Å²) >= 11 is 0. The first-order valence-electron chi connectivity index (χ1n) is 22.7. The standard InChI is InChI=1S/C55H52N6O7/c1-60(2)40-18-21-45-49(31-40)68-50-32-41(61(3)4)19-22-46(50)51(45)43-20-17-38(30-47(43)55(64)65)54(63)56-23-24-66-25-26-67-33-42(62)27-34-13-15-35(16-14-34)52-58-48-12-8-7-11-44(48)53(59-52)57-39-28-36-9-5-6-10-37(36)29-39/h5-22,30-32,39H,23-29,33H2,1-4H3,(H2-,56,57,58,59,63,64,65)/p+1. The number of aromatic carboxylic acids is 1. The van der Waals surface area contributed by atoms with Crippen molar-refractivity contribution in [1.29, 1.82) is 0 Å². The van der Waals surface area contributed by atoms with Gasteiger partial charge >= 0.3 is 5.97 Å². The highest BCUT2D eigenvalue weighted by Crippen LogP contribution is 2.42. The van der Waals surface area contributed by atoms with E-state index in [1.54, 1.807) is 12.1 Å². The summed E-state index contributed by atoms with van der Waals surface area (Å²) in [5.74, 6) is 0.377. The average molecular weight is 910 g/mol. The second kappa shape index (κ2) is 20.0. The van der Waals surface area contributed by atoms with Crippen LogP contribution >= 0.6 is 0 Å². The number of rotatable bonds is 17. The third-order valence-electron chi connectivity index (χ3n) is 12.3. The molecule has 3 N–H and O–H groups in total. The van der Waals surface area contributed by atoms with Gasteiger partial charge in [-0.05, 0) is 77.6 Å². The molecule has 6 aromatic rings. The van der Waals surface area contributed by atoms with E-state index in [1.807, 2.05) is 123 Å². The van der Waals surface area contributed by atoms with Crippen LogP contribution < -0.4 is 25.5 Å². The van der Waals surface area contributed by atoms with Gasteiger partial charge in [-0.2, -0.15) is 0 Å². The molecule has 9 rings (SSSR count). The minimum Gasteiger partial charge on any atom is -0.478 e. The van der Waals surface area contributed by atoms with Crippen LogP contribution in [0.15, 0.2) is 132 Å². The highest BCUT2D eigenvalue weighted by Gasteiger charge is 2.25. The summed E-state index contributed by atoms with van der Waals surface area (Å²) in [5.41, 5.74) is 8.97. The second-order valence-electron chi connectivity index (χ2n) is 17.5. The third kappa shape index (κ3) is 9.99. The number of hydrogen-bond donors (Lipinski definition) is 3. The average Bonchev–Trinajstić information content (AvgIpc) is 3.76. The number of hydrogen-bond acceptors (Lipinski definition) is 10. The Morgan fingerprint density at radius 1 is 0.779 bits per heavy atom. The van der Waals surface area contributed by atoms with Gasteiger partial charge in [0.25, 0.3) is 5.91 Å². The lowest BCUT2D eigenvalue weighted by atomic mass is 9.89. The molecule has 0 fully saturated rings. The van der Waals surface area contributed by atoms with Crippen molar-refractivity contribution in [3.8, 4) is 33.8 Å². The predicted octanol–water partition coefficient (Wildman–Crippen LogP) is 7.76. The zero-order valence-electron chi connectivity index (χ0n) is 38.5. The largest absolute Gasteiger partial charge is 0.478 e. The van der Waals surface area contributed by atoms with Gasteiger partial charge in [-0.15, -0.1) is 0 Å². The van der Waals surface area contributed by atoms with E-state index in [-0.39, 0.29) is 62.3 Å². The highest BCUT2D eigenvalue weighted by molar-refractivity contribution is 6.09. The van der Waals surface area contributed by atoms with Gasteiger partial charge in [0.05, 0.1) is 37.0 Å². The Labute approximate surface area is 394 Å². The zero-order chi connectivity index (χ0) is 47.3. The molecule has 0 spiro atoms. The summed E-state index contributed by atoms with van der Waals surface area (Å²) in [5, 5.41) is 19.6. The van der Waals surface area contributed by atoms with E-state index in [0.717, 1.165) is 62.7 Å². The fourth-order valence-electron chi connectivity index (χ4n) is 8.76. The molecule has 0 unspecified atom stereocenters. The summed E-state index contributed by atoms with van der Waals surface area (Å²) in [7, 11) is 7.78. The van der Waals surface area contributed by atoms with E-state index in [4.69, 9.17) is 23.9 Å². The quantitative estimate of drug-likeness (QED) is 0.0466. The Balaban J connectivity index is 0.752. The van der Waals surface area contributed by atoms with Gasteiger partial charge in [-0.3, -0.25) is 9.59 Å². The first-order valence-corrected chi connectivity index (χ1v) is 22.7. The van der Waals surface area contributed by atoms with Crippen molar-refractivity contribution in [3.63, 3.8) is 0 Å². The number of amides is 1. The van der Waals surface area contributed by atoms with Crippen LogP contribution in [0.25, 0.3) is 55.7 Å². The molecule has 0 saturated carbocycles. The normalized spacial score (nSPS) is 12.4. The van der Waals surface area contributed by atoms with Crippen molar-refractivity contribution in [2.45, 2.75) is 25.3 Å². The lowest BCUT2D eigenvalue weighted by Gasteiger charge is -2.19. The van der Waals surface area contributed by atoms with Gasteiger partial charge in [0.2, 0.25) is 5.36 Å². The van der Waals surface area contributed by atoms with Gasteiger partial charge < -0.3 is 34.5 Å². The molecule has 13 heteroatoms. The van der Waals surface area contributed by atoms with Gasteiger partial charge in [-0.25, -0.2) is 19.3 Å². The molecule has 2 aliphatic carbocycles. The number of Topliss-reactive ketones (excluding diaryl/α,β-unsaturated/α-hetero) is 1. The number of carboxylic acids is 1. The van der Waals surface area contributed by atoms with Crippen LogP contribution in [0.1, 0.15) is 37.4 Å². The molecule has 2 heterocycles. The van der Waals surface area contributed by atoms with Crippen molar-refractivity contribution < 1.29 is 33.4 Å². The number of nitrogens with one attached hydrogen (secondary N) is 2. The number of ether oxygens (including phenoxy) is 2. The van der Waals surface area contributed by atoms with Crippen LogP contribution in [0.2, 0.25) is 0 Å². The molecule has 68 heavy (non-hydrogen) atoms. The van der Waals surface area contributed by atoms with Crippen molar-refractivity contribution in [3.05, 3.63) is 161 Å². The highest BCUT2D eigenvalue weighted by atomic mass is 16.5. The van der Waals surface area contributed by atoms with E-state index in [2.05, 4.69) is 34.9 Å². The van der Waals surface area contributed by atoms with Crippen LogP contribution in [-0.2, 0) is 33.5 Å². The Hall–Kier alpha value is -7.74. The Kier molecular flexibility index (Phi) is 13.4. The molecule has 344 valence electrons. The maximum absolute atomic E-state index is 13.2. The number of carbonyl (C=O) groups excluding carboxylic acids is 2. The lowest BCUT2D eigenvalue weighted by molar-refractivity contribution is -0.123. The number of benzene rings is 6. The number of carboxylic acid groups (broad SMARTS) is 1. The molecule has 5 aromatic carbocycles. The van der Waals surface area contributed by atoms with Crippen molar-refractivity contribution in [1.82, 2.24) is 19.9 Å². The predicted molar refractivity (Wildman–Crippen MR) is 266 cm³/mol. The number of anilines is 2. The molecular weight excluding hydrogens is 857 g/mol. The summed E-state index contributed by atoms with van der Waals surface area (Å²) in [6, 6.07) is 40.9. The zero-order valence-corrected chi connectivity index (χ0v) is 38.5. The van der Waals surface area contributed by atoms with Gasteiger partial charge in [0.1, 0.15) is 37.9 Å². The summed E-state index contributed by atoms with van der Waals surface area (Å²) < 4.78 is 19.6. The van der Waals surface area contributed by atoms with Crippen molar-refractivity contribution >= 4 is 51.0 Å². The smallest absolute Gasteiger partial charge is 0.336 e. The Bertz CT molecular complexity index is 3210. The van der Waals surface area contributed by atoms with Crippen LogP contribution in [-0.4, -0.2) is 99.9 Å². The maximum atomic E-state index is 13.2. The van der Waals surface area contributed by atoms with E-state index in [1.165, 1.54) is 17.2 Å². The van der Waals surface area contributed by atoms with Gasteiger partial charge in [-0.1, -0.05) is 66.7 Å². The fraction of sp³-hybridized carbons (Fsp3) is 0.236. The number of nitrogens with zero attached hydrogens (tertiary/aromatic N) is 4. The number of ketones is 1. The number of aromatic nitrogens is 2. The van der Waals surface area contributed by atoms with E-state index in [0.29, 0.717) is 28.3 Å². The number of fused-ring (bicyclic) bond motifs is 4. The fourth-order valence-corrected chi connectivity index (χ4v) is 8.76. The third-order valence-corrected chi connectivity index (χ3v) is 12.3. The summed E-state index contributed by atoms with van der Waals surface area (Å²) in [6.07, 6.45) is 2.11. The molecule has 1 amide bonds. The molecular formula is C55H53N6O7+. The van der Waals surface area contributed by atoms with Crippen LogP contribution in [0.4, 0.5) is 11.5 Å². The van der Waals surface area contributed by atoms with E-state index in [9.17, 15) is 19.5 Å². The summed E-state index contributed by atoms with van der Waals surface area (Å²) in [6.45, 7) is 0.751. The Morgan fingerprint density at radius 2 is 1.51 bits per heavy atom. The van der Waals surface area contributed by atoms with Gasteiger partial charge in [0, 0.05) is 83.9 Å². The van der Waals surface area contributed by atoms with Crippen LogP contribution in [0.5, 0.6) is 0 Å². The molecule has 0 radical (unpaired) electrons. The van der Waals surface area contributed by atoms with Crippen molar-refractivity contribution in [2.24, 2.45) is 0 Å². The molecule has 3 aliphatic rings. The maximum Gasteiger partial charge on any atom is 0.336 e. The topological polar surface area (TPSA) is 159 Å². The lowest BCUT2D eigenvalue weighted by Crippen LogP contribution is -2.28. The van der Waals surface area contributed by atoms with Crippen LogP contribution in [0, 0.1) is 0 Å². The first-order chi connectivity index (χ1) is 33.0. The molecule has 1 aliphatic heterocycles. The monoisotopic (exact) mass is 909 g/mol. The Morgan fingerprint density at radius 3 is 2.26 bits per heavy atom. The molecule has 0 bridgehead atoms. The number of carbonyl (C=O) groups is 3. The second-order valence-corrected chi connectivity index (χ2v) is 17.5. The summed E-state index contributed by atoms with van der Waals surface area (Å²) in [4.78, 5) is 50.6. The van der Waals surface area contributed by atoms with E-state index >= 15 is 0 Å². The van der Waals surface area contributed by atoms with E-state index < -0.39 is 11.9 Å². The first kappa shape index (κ1) is 45.4.